The van der Waals surface area contributed by atoms with E-state index in [1.165, 1.54) is 49.4 Å². The summed E-state index contributed by atoms with van der Waals surface area (Å²) in [6.07, 6.45) is 4.11. The zero-order valence-electron chi connectivity index (χ0n) is 16.0. The average Bonchev–Trinajstić information content (AvgIpc) is 3.17. The van der Waals surface area contributed by atoms with Gasteiger partial charge < -0.3 is 9.88 Å². The summed E-state index contributed by atoms with van der Waals surface area (Å²) in [7, 11) is 0. The maximum absolute atomic E-state index is 3.70. The lowest BCUT2D eigenvalue weighted by atomic mass is 10.1. The fourth-order valence-electron chi connectivity index (χ4n) is 4.36. The summed E-state index contributed by atoms with van der Waals surface area (Å²) in [5, 5.41) is 0. The van der Waals surface area contributed by atoms with Crippen LogP contribution in [0.1, 0.15) is 43.6 Å². The highest BCUT2D eigenvalue weighted by Crippen LogP contribution is 2.24. The van der Waals surface area contributed by atoms with Crippen LogP contribution in [0.25, 0.3) is 0 Å². The molecule has 2 aliphatic heterocycles. The monoisotopic (exact) mass is 352 g/mol. The van der Waals surface area contributed by atoms with Gasteiger partial charge in [-0.3, -0.25) is 9.80 Å². The van der Waals surface area contributed by atoms with E-state index < -0.39 is 0 Å². The van der Waals surface area contributed by atoms with E-state index in [1.54, 1.807) is 0 Å². The molecule has 3 heterocycles. The van der Waals surface area contributed by atoms with Crippen LogP contribution in [-0.4, -0.2) is 54.1 Å². The predicted molar refractivity (Wildman–Crippen MR) is 109 cm³/mol. The molecular formula is C22H32N4. The van der Waals surface area contributed by atoms with Crippen LogP contribution in [0.15, 0.2) is 42.5 Å². The zero-order valence-corrected chi connectivity index (χ0v) is 16.0. The van der Waals surface area contributed by atoms with Gasteiger partial charge in [0, 0.05) is 55.8 Å². The molecule has 2 saturated heterocycles. The number of aromatic nitrogens is 1. The number of piperidine rings is 1. The van der Waals surface area contributed by atoms with Gasteiger partial charge >= 0.3 is 0 Å². The number of hydrogen-bond donors (Lipinski definition) is 1. The number of piperazine rings is 1. The second kappa shape index (κ2) is 8.28. The Labute approximate surface area is 157 Å². The van der Waals surface area contributed by atoms with Gasteiger partial charge in [-0.05, 0) is 57.1 Å². The van der Waals surface area contributed by atoms with Gasteiger partial charge in [0.25, 0.3) is 0 Å². The topological polar surface area (TPSA) is 25.5 Å². The first-order valence-corrected chi connectivity index (χ1v) is 10.2. The Kier molecular flexibility index (Phi) is 5.61. The van der Waals surface area contributed by atoms with E-state index in [-0.39, 0.29) is 0 Å². The number of para-hydroxylation sites is 1. The van der Waals surface area contributed by atoms with E-state index in [4.69, 9.17) is 0 Å². The summed E-state index contributed by atoms with van der Waals surface area (Å²) in [6.45, 7) is 10.4. The Balaban J connectivity index is 1.31. The molecule has 140 valence electrons. The quantitative estimate of drug-likeness (QED) is 0.884. The van der Waals surface area contributed by atoms with Crippen molar-refractivity contribution in [3.63, 3.8) is 0 Å². The Bertz CT molecular complexity index is 666. The first-order chi connectivity index (χ1) is 12.8. The smallest absolute Gasteiger partial charge is 0.0471 e. The summed E-state index contributed by atoms with van der Waals surface area (Å²) in [5.41, 5.74) is 4.09. The predicted octanol–water partition coefficient (Wildman–Crippen LogP) is 3.88. The lowest BCUT2D eigenvalue weighted by Crippen LogP contribution is -2.47. The molecular weight excluding hydrogens is 320 g/mol. The number of anilines is 1. The van der Waals surface area contributed by atoms with Crippen molar-refractivity contribution in [2.24, 2.45) is 0 Å². The van der Waals surface area contributed by atoms with Crippen molar-refractivity contribution in [2.45, 2.75) is 38.8 Å². The Morgan fingerprint density at radius 1 is 0.846 bits per heavy atom. The van der Waals surface area contributed by atoms with Crippen LogP contribution < -0.4 is 4.90 Å². The van der Waals surface area contributed by atoms with Gasteiger partial charge in [0.05, 0.1) is 0 Å². The molecule has 0 aliphatic carbocycles. The first kappa shape index (κ1) is 17.6. The molecule has 0 saturated carbocycles. The van der Waals surface area contributed by atoms with Gasteiger partial charge in [-0.2, -0.15) is 0 Å². The molecule has 2 aliphatic rings. The van der Waals surface area contributed by atoms with Crippen molar-refractivity contribution in [3.05, 3.63) is 53.9 Å². The lowest BCUT2D eigenvalue weighted by Gasteiger charge is -2.39. The molecule has 1 atom stereocenters. The molecule has 4 heteroatoms. The minimum atomic E-state index is 0.461. The number of aromatic amines is 1. The normalized spacial score (nSPS) is 21.0. The Hall–Kier alpha value is -1.78. The van der Waals surface area contributed by atoms with Gasteiger partial charge in [0.1, 0.15) is 0 Å². The van der Waals surface area contributed by atoms with Gasteiger partial charge in [-0.25, -0.2) is 0 Å². The van der Waals surface area contributed by atoms with Crippen LogP contribution in [0.2, 0.25) is 0 Å². The van der Waals surface area contributed by atoms with Crippen molar-refractivity contribution in [2.75, 3.05) is 44.2 Å². The molecule has 0 amide bonds. The maximum atomic E-state index is 3.70. The molecule has 1 N–H and O–H groups in total. The summed E-state index contributed by atoms with van der Waals surface area (Å²) in [6, 6.07) is 15.8. The molecule has 4 rings (SSSR count). The number of likely N-dealkylation sites (tertiary alicyclic amines) is 1. The van der Waals surface area contributed by atoms with Gasteiger partial charge in [-0.1, -0.05) is 24.6 Å². The number of rotatable bonds is 5. The Morgan fingerprint density at radius 3 is 2.31 bits per heavy atom. The third-order valence-electron chi connectivity index (χ3n) is 6.05. The zero-order chi connectivity index (χ0) is 17.8. The van der Waals surface area contributed by atoms with Gasteiger partial charge in [0.2, 0.25) is 0 Å². The van der Waals surface area contributed by atoms with Crippen LogP contribution in [0, 0.1) is 0 Å². The largest absolute Gasteiger partial charge is 0.369 e. The molecule has 4 nitrogen and oxygen atoms in total. The highest BCUT2D eigenvalue weighted by molar-refractivity contribution is 5.46. The van der Waals surface area contributed by atoms with Crippen molar-refractivity contribution in [3.8, 4) is 0 Å². The van der Waals surface area contributed by atoms with E-state index in [9.17, 15) is 0 Å². The number of nitrogens with one attached hydrogen (secondary N) is 1. The molecule has 1 aromatic carbocycles. The fraction of sp³-hybridized carbons (Fsp3) is 0.545. The van der Waals surface area contributed by atoms with Crippen LogP contribution in [0.5, 0.6) is 0 Å². The van der Waals surface area contributed by atoms with Crippen molar-refractivity contribution < 1.29 is 0 Å². The second-order valence-corrected chi connectivity index (χ2v) is 7.81. The highest BCUT2D eigenvalue weighted by atomic mass is 15.3. The molecule has 26 heavy (non-hydrogen) atoms. The minimum absolute atomic E-state index is 0.461. The summed E-state index contributed by atoms with van der Waals surface area (Å²) >= 11 is 0. The molecule has 0 bridgehead atoms. The van der Waals surface area contributed by atoms with E-state index >= 15 is 0 Å². The van der Waals surface area contributed by atoms with Crippen LogP contribution in [0.4, 0.5) is 5.69 Å². The van der Waals surface area contributed by atoms with Crippen LogP contribution >= 0.6 is 0 Å². The summed E-state index contributed by atoms with van der Waals surface area (Å²) < 4.78 is 0. The highest BCUT2D eigenvalue weighted by Gasteiger charge is 2.23. The third-order valence-corrected chi connectivity index (χ3v) is 6.05. The van der Waals surface area contributed by atoms with E-state index in [0.29, 0.717) is 6.04 Å². The van der Waals surface area contributed by atoms with Crippen molar-refractivity contribution >= 4 is 5.69 Å². The molecule has 2 aromatic rings. The van der Waals surface area contributed by atoms with Crippen LogP contribution in [0.3, 0.4) is 0 Å². The molecule has 1 aromatic heterocycles. The third kappa shape index (κ3) is 4.13. The fourth-order valence-corrected chi connectivity index (χ4v) is 4.36. The molecule has 0 spiro atoms. The molecule has 2 fully saturated rings. The number of H-pyrrole nitrogens is 1. The van der Waals surface area contributed by atoms with Gasteiger partial charge in [-0.15, -0.1) is 0 Å². The maximum Gasteiger partial charge on any atom is 0.0471 e. The summed E-state index contributed by atoms with van der Waals surface area (Å²) in [4.78, 5) is 11.4. The Morgan fingerprint density at radius 2 is 1.58 bits per heavy atom. The molecule has 0 radical (unpaired) electrons. The number of nitrogens with zero attached hydrogens (tertiary/aromatic N) is 3. The van der Waals surface area contributed by atoms with Crippen LogP contribution in [-0.2, 0) is 6.54 Å². The molecule has 1 unspecified atom stereocenters. The van der Waals surface area contributed by atoms with Crippen molar-refractivity contribution in [1.82, 2.24) is 14.8 Å². The van der Waals surface area contributed by atoms with E-state index in [1.807, 2.05) is 0 Å². The standard InChI is InChI=1S/C22H32N4/c1-19(22-11-10-20(23-22)18-24-12-6-3-7-13-24)25-14-16-26(17-15-25)21-8-4-2-5-9-21/h2,4-5,8-11,19,23H,3,6-7,12-18H2,1H3. The second-order valence-electron chi connectivity index (χ2n) is 7.81. The van der Waals surface area contributed by atoms with Gasteiger partial charge in [0.15, 0.2) is 0 Å². The SMILES string of the molecule is CC(c1ccc(CN2CCCCC2)[nH]1)N1CCN(c2ccccc2)CC1. The van der Waals surface area contributed by atoms with E-state index in [2.05, 4.69) is 69.1 Å². The van der Waals surface area contributed by atoms with E-state index in [0.717, 1.165) is 32.7 Å². The van der Waals surface area contributed by atoms with Crippen molar-refractivity contribution in [1.29, 1.82) is 0 Å². The summed E-state index contributed by atoms with van der Waals surface area (Å²) in [5.74, 6) is 0. The minimum Gasteiger partial charge on any atom is -0.369 e. The first-order valence-electron chi connectivity index (χ1n) is 10.2. The average molecular weight is 353 g/mol. The number of benzene rings is 1. The lowest BCUT2D eigenvalue weighted by molar-refractivity contribution is 0.194. The number of hydrogen-bond acceptors (Lipinski definition) is 3.